The van der Waals surface area contributed by atoms with E-state index in [-0.39, 0.29) is 18.3 Å². The molecular weight excluding hydrogens is 231 g/mol. The number of rotatable bonds is 4. The van der Waals surface area contributed by atoms with Gasteiger partial charge in [0.1, 0.15) is 12.4 Å². The number of fused-ring (bicyclic) bond motifs is 1. The normalized spacial score (nSPS) is 14.9. The second-order valence-corrected chi connectivity index (χ2v) is 4.89. The molecule has 1 heterocycles. The van der Waals surface area contributed by atoms with Crippen LogP contribution in [0.15, 0.2) is 30.5 Å². The molecule has 1 aromatic carbocycles. The number of nitrogens with zero attached hydrogens (tertiary/aromatic N) is 1. The van der Waals surface area contributed by atoms with Gasteiger partial charge in [-0.05, 0) is 48.4 Å². The third-order valence-electron chi connectivity index (χ3n) is 3.33. The van der Waals surface area contributed by atoms with Gasteiger partial charge in [-0.1, -0.05) is 0 Å². The van der Waals surface area contributed by atoms with E-state index < -0.39 is 0 Å². The summed E-state index contributed by atoms with van der Waals surface area (Å²) in [7, 11) is 0. The molecule has 0 spiro atoms. The van der Waals surface area contributed by atoms with Gasteiger partial charge in [-0.25, -0.2) is 4.39 Å². The first-order valence-corrected chi connectivity index (χ1v) is 6.23. The van der Waals surface area contributed by atoms with Crippen LogP contribution in [0, 0.1) is 11.7 Å². The van der Waals surface area contributed by atoms with Crippen LogP contribution in [0.1, 0.15) is 12.8 Å². The molecule has 2 aromatic rings. The van der Waals surface area contributed by atoms with Gasteiger partial charge in [0.2, 0.25) is 5.91 Å². The molecule has 3 rings (SSSR count). The number of amides is 1. The van der Waals surface area contributed by atoms with E-state index in [1.54, 1.807) is 10.6 Å². The van der Waals surface area contributed by atoms with Crippen molar-refractivity contribution in [2.45, 2.75) is 19.4 Å². The van der Waals surface area contributed by atoms with Crippen LogP contribution >= 0.6 is 0 Å². The molecule has 94 valence electrons. The van der Waals surface area contributed by atoms with Gasteiger partial charge in [0, 0.05) is 12.7 Å². The van der Waals surface area contributed by atoms with Gasteiger partial charge in [-0.15, -0.1) is 0 Å². The minimum atomic E-state index is -0.277. The van der Waals surface area contributed by atoms with E-state index in [1.165, 1.54) is 25.0 Å². The molecule has 1 N–H and O–H groups in total. The molecule has 1 aliphatic carbocycles. The minimum Gasteiger partial charge on any atom is -0.354 e. The summed E-state index contributed by atoms with van der Waals surface area (Å²) < 4.78 is 15.0. The monoisotopic (exact) mass is 246 g/mol. The molecule has 1 aromatic heterocycles. The summed E-state index contributed by atoms with van der Waals surface area (Å²) in [5.41, 5.74) is 0.761. The molecule has 3 nitrogen and oxygen atoms in total. The lowest BCUT2D eigenvalue weighted by molar-refractivity contribution is -0.121. The number of aromatic nitrogens is 1. The topological polar surface area (TPSA) is 34.0 Å². The zero-order valence-corrected chi connectivity index (χ0v) is 10.0. The van der Waals surface area contributed by atoms with Crippen LogP contribution in [-0.4, -0.2) is 17.0 Å². The summed E-state index contributed by atoms with van der Waals surface area (Å²) in [5.74, 6) is 0.386. The number of benzene rings is 1. The smallest absolute Gasteiger partial charge is 0.239 e. The van der Waals surface area contributed by atoms with E-state index in [4.69, 9.17) is 0 Å². The SMILES string of the molecule is O=C(Cn1ccc2ccc(F)cc21)NCC1CC1. The van der Waals surface area contributed by atoms with Gasteiger partial charge < -0.3 is 9.88 Å². The van der Waals surface area contributed by atoms with Gasteiger partial charge >= 0.3 is 0 Å². The molecule has 1 fully saturated rings. The van der Waals surface area contributed by atoms with Crippen molar-refractivity contribution in [2.24, 2.45) is 5.92 Å². The van der Waals surface area contributed by atoms with Gasteiger partial charge in [0.05, 0.1) is 5.52 Å². The quantitative estimate of drug-likeness (QED) is 0.882. The number of hydrogen-bond acceptors (Lipinski definition) is 1. The van der Waals surface area contributed by atoms with E-state index in [9.17, 15) is 9.18 Å². The second kappa shape index (κ2) is 4.44. The molecule has 0 atom stereocenters. The Labute approximate surface area is 105 Å². The van der Waals surface area contributed by atoms with Gasteiger partial charge in [-0.2, -0.15) is 0 Å². The number of nitrogens with one attached hydrogen (secondary N) is 1. The zero-order valence-electron chi connectivity index (χ0n) is 10.0. The van der Waals surface area contributed by atoms with Crippen molar-refractivity contribution in [3.63, 3.8) is 0 Å². The van der Waals surface area contributed by atoms with Gasteiger partial charge in [0.15, 0.2) is 0 Å². The number of halogens is 1. The standard InChI is InChI=1S/C14H15FN2O/c15-12-4-3-11-5-6-17(13(11)7-12)9-14(18)16-8-10-1-2-10/h3-7,10H,1-2,8-9H2,(H,16,18). The van der Waals surface area contributed by atoms with Crippen molar-refractivity contribution in [3.8, 4) is 0 Å². The first-order chi connectivity index (χ1) is 8.72. The van der Waals surface area contributed by atoms with Crippen molar-refractivity contribution < 1.29 is 9.18 Å². The molecule has 0 bridgehead atoms. The van der Waals surface area contributed by atoms with E-state index in [2.05, 4.69) is 5.32 Å². The average Bonchev–Trinajstić information content (AvgIpc) is 3.11. The van der Waals surface area contributed by atoms with Crippen molar-refractivity contribution in [2.75, 3.05) is 6.54 Å². The molecule has 0 aliphatic heterocycles. The molecule has 1 amide bonds. The fourth-order valence-corrected chi connectivity index (χ4v) is 2.09. The highest BCUT2D eigenvalue weighted by Gasteiger charge is 2.21. The first-order valence-electron chi connectivity index (χ1n) is 6.23. The van der Waals surface area contributed by atoms with Crippen LogP contribution in [-0.2, 0) is 11.3 Å². The third kappa shape index (κ3) is 2.37. The van der Waals surface area contributed by atoms with E-state index >= 15 is 0 Å². The summed E-state index contributed by atoms with van der Waals surface area (Å²) in [6.45, 7) is 1.02. The Bertz CT molecular complexity index is 586. The summed E-state index contributed by atoms with van der Waals surface area (Å²) in [5, 5.41) is 3.86. The predicted molar refractivity (Wildman–Crippen MR) is 67.6 cm³/mol. The Balaban J connectivity index is 1.72. The Hall–Kier alpha value is -1.84. The fraction of sp³-hybridized carbons (Fsp3) is 0.357. The molecule has 0 radical (unpaired) electrons. The highest BCUT2D eigenvalue weighted by Crippen LogP contribution is 2.27. The Morgan fingerprint density at radius 2 is 2.22 bits per heavy atom. The minimum absolute atomic E-state index is 0.0105. The molecule has 0 unspecified atom stereocenters. The molecule has 1 aliphatic rings. The highest BCUT2D eigenvalue weighted by atomic mass is 19.1. The number of carbonyl (C=O) groups is 1. The van der Waals surface area contributed by atoms with Crippen LogP contribution in [0.5, 0.6) is 0 Å². The van der Waals surface area contributed by atoms with Crippen LogP contribution in [0.25, 0.3) is 10.9 Å². The van der Waals surface area contributed by atoms with Crippen molar-refractivity contribution in [1.29, 1.82) is 0 Å². The maximum Gasteiger partial charge on any atom is 0.239 e. The second-order valence-electron chi connectivity index (χ2n) is 4.89. The van der Waals surface area contributed by atoms with Crippen molar-refractivity contribution in [1.82, 2.24) is 9.88 Å². The molecule has 18 heavy (non-hydrogen) atoms. The Morgan fingerprint density at radius 3 is 3.00 bits per heavy atom. The maximum absolute atomic E-state index is 13.2. The van der Waals surface area contributed by atoms with E-state index in [0.29, 0.717) is 5.92 Å². The van der Waals surface area contributed by atoms with E-state index in [0.717, 1.165) is 17.4 Å². The van der Waals surface area contributed by atoms with Crippen LogP contribution < -0.4 is 5.32 Å². The highest BCUT2D eigenvalue weighted by molar-refractivity contribution is 5.83. The summed E-state index contributed by atoms with van der Waals surface area (Å²) in [6.07, 6.45) is 4.26. The van der Waals surface area contributed by atoms with Crippen LogP contribution in [0.2, 0.25) is 0 Å². The van der Waals surface area contributed by atoms with Crippen LogP contribution in [0.4, 0.5) is 4.39 Å². The molecule has 0 saturated heterocycles. The molecular formula is C14H15FN2O. The summed E-state index contributed by atoms with van der Waals surface area (Å²) >= 11 is 0. The molecule has 1 saturated carbocycles. The van der Waals surface area contributed by atoms with Crippen LogP contribution in [0.3, 0.4) is 0 Å². The fourth-order valence-electron chi connectivity index (χ4n) is 2.09. The lowest BCUT2D eigenvalue weighted by Gasteiger charge is -2.06. The van der Waals surface area contributed by atoms with E-state index in [1.807, 2.05) is 12.3 Å². The summed E-state index contributed by atoms with van der Waals surface area (Å²) in [4.78, 5) is 11.7. The Kier molecular flexibility index (Phi) is 2.78. The number of hydrogen-bond donors (Lipinski definition) is 1. The third-order valence-corrected chi connectivity index (χ3v) is 3.33. The van der Waals surface area contributed by atoms with Gasteiger partial charge in [-0.3, -0.25) is 4.79 Å². The predicted octanol–water partition coefficient (Wildman–Crippen LogP) is 2.31. The van der Waals surface area contributed by atoms with Gasteiger partial charge in [0.25, 0.3) is 0 Å². The Morgan fingerprint density at radius 1 is 1.39 bits per heavy atom. The molecule has 4 heteroatoms. The lowest BCUT2D eigenvalue weighted by atomic mass is 10.2. The number of carbonyl (C=O) groups excluding carboxylic acids is 1. The average molecular weight is 246 g/mol. The lowest BCUT2D eigenvalue weighted by Crippen LogP contribution is -2.29. The largest absolute Gasteiger partial charge is 0.354 e. The van der Waals surface area contributed by atoms with Crippen molar-refractivity contribution >= 4 is 16.8 Å². The van der Waals surface area contributed by atoms with Crippen molar-refractivity contribution in [3.05, 3.63) is 36.3 Å². The first kappa shape index (κ1) is 11.3. The maximum atomic E-state index is 13.2. The summed E-state index contributed by atoms with van der Waals surface area (Å²) in [6, 6.07) is 6.51. The zero-order chi connectivity index (χ0) is 12.5.